The van der Waals surface area contributed by atoms with E-state index < -0.39 is 0 Å². The van der Waals surface area contributed by atoms with E-state index in [1.165, 1.54) is 0 Å². The summed E-state index contributed by atoms with van der Waals surface area (Å²) in [5.41, 5.74) is 5.87. The molecule has 0 aliphatic heterocycles. The van der Waals surface area contributed by atoms with Crippen LogP contribution in [-0.4, -0.2) is 12.3 Å². The molecule has 110 valence electrons. The predicted molar refractivity (Wildman–Crippen MR) is 89.6 cm³/mol. The van der Waals surface area contributed by atoms with Crippen molar-refractivity contribution in [3.63, 3.8) is 0 Å². The van der Waals surface area contributed by atoms with Crippen LogP contribution in [0.3, 0.4) is 0 Å². The first-order valence-corrected chi connectivity index (χ1v) is 7.24. The van der Waals surface area contributed by atoms with Crippen molar-refractivity contribution >= 4 is 23.5 Å². The van der Waals surface area contributed by atoms with Crippen molar-refractivity contribution in [3.05, 3.63) is 58.6 Å². The Kier molecular flexibility index (Phi) is 5.23. The van der Waals surface area contributed by atoms with Crippen molar-refractivity contribution in [1.82, 2.24) is 0 Å². The summed E-state index contributed by atoms with van der Waals surface area (Å²) in [5, 5.41) is 4.93. The van der Waals surface area contributed by atoms with E-state index in [2.05, 4.69) is 10.5 Å². The normalized spacial score (nSPS) is 11.1. The summed E-state index contributed by atoms with van der Waals surface area (Å²) in [7, 11) is 0. The summed E-state index contributed by atoms with van der Waals surface area (Å²) < 4.78 is 5.59. The maximum absolute atomic E-state index is 6.06. The zero-order chi connectivity index (χ0) is 15.2. The lowest BCUT2D eigenvalue weighted by molar-refractivity contribution is 0.242. The van der Waals surface area contributed by atoms with Crippen LogP contribution in [0.15, 0.2) is 47.6 Å². The summed E-state index contributed by atoms with van der Waals surface area (Å²) in [6.07, 6.45) is 1.94. The van der Waals surface area contributed by atoms with Gasteiger partial charge in [-0.3, -0.25) is 5.43 Å². The van der Waals surface area contributed by atoms with Gasteiger partial charge in [0.2, 0.25) is 0 Å². The molecule has 0 atom stereocenters. The molecule has 0 amide bonds. The van der Waals surface area contributed by atoms with Crippen LogP contribution in [-0.2, 0) is 0 Å². The second-order valence-corrected chi connectivity index (χ2v) is 5.48. The van der Waals surface area contributed by atoms with Crippen molar-refractivity contribution in [1.29, 1.82) is 0 Å². The van der Waals surface area contributed by atoms with Crippen LogP contribution in [0.1, 0.15) is 25.0 Å². The molecule has 0 saturated heterocycles. The largest absolute Gasteiger partial charge is 0.491 e. The Morgan fingerprint density at radius 1 is 1.14 bits per heavy atom. The van der Waals surface area contributed by atoms with Crippen LogP contribution in [0.25, 0.3) is 0 Å². The molecule has 0 fully saturated rings. The van der Waals surface area contributed by atoms with Crippen LogP contribution in [0.4, 0.5) is 5.69 Å². The molecule has 0 unspecified atom stereocenters. The molecule has 2 rings (SSSR count). The minimum Gasteiger partial charge on any atom is -0.491 e. The third kappa shape index (κ3) is 4.80. The number of anilines is 1. The Bertz CT molecular complexity index is 621. The van der Waals surface area contributed by atoms with E-state index in [1.54, 1.807) is 6.21 Å². The molecule has 1 N–H and O–H groups in total. The van der Waals surface area contributed by atoms with Gasteiger partial charge < -0.3 is 4.74 Å². The van der Waals surface area contributed by atoms with E-state index >= 15 is 0 Å². The van der Waals surface area contributed by atoms with Crippen molar-refractivity contribution in [3.8, 4) is 5.75 Å². The number of ether oxygens (including phenoxy) is 1. The van der Waals surface area contributed by atoms with Gasteiger partial charge in [-0.1, -0.05) is 17.7 Å². The summed E-state index contributed by atoms with van der Waals surface area (Å²) in [5.74, 6) is 0.862. The number of rotatable bonds is 5. The van der Waals surface area contributed by atoms with Crippen LogP contribution >= 0.6 is 11.6 Å². The van der Waals surface area contributed by atoms with Crippen molar-refractivity contribution in [2.75, 3.05) is 5.43 Å². The fourth-order valence-electron chi connectivity index (χ4n) is 1.75. The highest BCUT2D eigenvalue weighted by molar-refractivity contribution is 6.31. The first-order valence-electron chi connectivity index (χ1n) is 6.86. The third-order valence-electron chi connectivity index (χ3n) is 2.83. The number of halogens is 1. The maximum Gasteiger partial charge on any atom is 0.119 e. The Morgan fingerprint density at radius 3 is 2.48 bits per heavy atom. The predicted octanol–water partition coefficient (Wildman–Crippen LogP) is 4.88. The Labute approximate surface area is 130 Å². The highest BCUT2D eigenvalue weighted by Crippen LogP contribution is 2.19. The van der Waals surface area contributed by atoms with Gasteiger partial charge in [0.1, 0.15) is 5.75 Å². The molecule has 0 heterocycles. The summed E-state index contributed by atoms with van der Waals surface area (Å²) >= 11 is 6.06. The SMILES string of the molecule is Cc1ccc(N/N=C/c2ccc(OC(C)C)cc2)cc1Cl. The monoisotopic (exact) mass is 302 g/mol. The fraction of sp³-hybridized carbons (Fsp3) is 0.235. The number of hydrogen-bond acceptors (Lipinski definition) is 3. The third-order valence-corrected chi connectivity index (χ3v) is 3.24. The van der Waals surface area contributed by atoms with Gasteiger partial charge in [0.05, 0.1) is 18.0 Å². The minimum atomic E-state index is 0.178. The lowest BCUT2D eigenvalue weighted by Gasteiger charge is -2.09. The summed E-state index contributed by atoms with van der Waals surface area (Å²) in [6.45, 7) is 5.98. The van der Waals surface area contributed by atoms with Crippen molar-refractivity contribution < 1.29 is 4.74 Å². The molecular weight excluding hydrogens is 284 g/mol. The van der Waals surface area contributed by atoms with E-state index in [1.807, 2.05) is 63.2 Å². The topological polar surface area (TPSA) is 33.6 Å². The molecule has 2 aromatic rings. The van der Waals surface area contributed by atoms with Crippen molar-refractivity contribution in [2.45, 2.75) is 26.9 Å². The zero-order valence-electron chi connectivity index (χ0n) is 12.4. The summed E-state index contributed by atoms with van der Waals surface area (Å²) in [4.78, 5) is 0. The van der Waals surface area contributed by atoms with Gasteiger partial charge in [0.15, 0.2) is 0 Å². The molecule has 21 heavy (non-hydrogen) atoms. The minimum absolute atomic E-state index is 0.178. The van der Waals surface area contributed by atoms with E-state index in [0.29, 0.717) is 0 Å². The molecule has 0 spiro atoms. The highest BCUT2D eigenvalue weighted by Gasteiger charge is 1.98. The van der Waals surface area contributed by atoms with Gasteiger partial charge in [0.25, 0.3) is 0 Å². The number of nitrogens with one attached hydrogen (secondary N) is 1. The van der Waals surface area contributed by atoms with E-state index in [-0.39, 0.29) is 6.10 Å². The maximum atomic E-state index is 6.06. The lowest BCUT2D eigenvalue weighted by atomic mass is 10.2. The second-order valence-electron chi connectivity index (χ2n) is 5.07. The molecule has 0 aromatic heterocycles. The fourth-order valence-corrected chi connectivity index (χ4v) is 1.93. The summed E-state index contributed by atoms with van der Waals surface area (Å²) in [6, 6.07) is 13.5. The molecule has 0 saturated carbocycles. The second kappa shape index (κ2) is 7.14. The van der Waals surface area contributed by atoms with Crippen LogP contribution in [0.5, 0.6) is 5.75 Å². The Morgan fingerprint density at radius 2 is 1.86 bits per heavy atom. The van der Waals surface area contributed by atoms with E-state index in [9.17, 15) is 0 Å². The molecule has 4 heteroatoms. The van der Waals surface area contributed by atoms with E-state index in [4.69, 9.17) is 16.3 Å². The van der Waals surface area contributed by atoms with Gasteiger partial charge in [0, 0.05) is 5.02 Å². The Hall–Kier alpha value is -2.00. The lowest BCUT2D eigenvalue weighted by Crippen LogP contribution is -2.05. The van der Waals surface area contributed by atoms with Crippen LogP contribution in [0, 0.1) is 6.92 Å². The van der Waals surface area contributed by atoms with Crippen LogP contribution in [0.2, 0.25) is 5.02 Å². The molecule has 3 nitrogen and oxygen atoms in total. The first kappa shape index (κ1) is 15.4. The molecule has 0 aliphatic carbocycles. The van der Waals surface area contributed by atoms with Crippen molar-refractivity contribution in [2.24, 2.45) is 5.10 Å². The van der Waals surface area contributed by atoms with Gasteiger partial charge in [-0.25, -0.2) is 0 Å². The smallest absolute Gasteiger partial charge is 0.119 e. The number of hydrogen-bond donors (Lipinski definition) is 1. The zero-order valence-corrected chi connectivity index (χ0v) is 13.2. The van der Waals surface area contributed by atoms with Crippen LogP contribution < -0.4 is 10.2 Å². The van der Waals surface area contributed by atoms with E-state index in [0.717, 1.165) is 27.6 Å². The molecule has 2 aromatic carbocycles. The first-order chi connectivity index (χ1) is 10.0. The average molecular weight is 303 g/mol. The molecule has 0 bridgehead atoms. The quantitative estimate of drug-likeness (QED) is 0.630. The van der Waals surface area contributed by atoms with Gasteiger partial charge in [-0.05, 0) is 68.3 Å². The molecular formula is C17H19ClN2O. The molecule has 0 aliphatic rings. The van der Waals surface area contributed by atoms with Gasteiger partial charge >= 0.3 is 0 Å². The average Bonchev–Trinajstić information content (AvgIpc) is 2.44. The number of benzene rings is 2. The standard InChI is InChI=1S/C17H19ClN2O/c1-12(2)21-16-8-5-14(6-9-16)11-19-20-15-7-4-13(3)17(18)10-15/h4-12,20H,1-3H3/b19-11+. The number of nitrogens with zero attached hydrogens (tertiary/aromatic N) is 1. The number of aryl methyl sites for hydroxylation is 1. The Balaban J connectivity index is 1.96. The number of hydrazone groups is 1. The van der Waals surface area contributed by atoms with Gasteiger partial charge in [-0.15, -0.1) is 0 Å². The molecule has 0 radical (unpaired) electrons. The highest BCUT2D eigenvalue weighted by atomic mass is 35.5. The van der Waals surface area contributed by atoms with Gasteiger partial charge in [-0.2, -0.15) is 5.10 Å².